The van der Waals surface area contributed by atoms with Gasteiger partial charge in [-0.25, -0.2) is 15.0 Å². The second-order valence-corrected chi connectivity index (χ2v) is 15.6. The number of aromatic nitrogens is 4. The largest absolute Gasteiger partial charge is 0.456 e. The highest BCUT2D eigenvalue weighted by Gasteiger charge is 2.21. The third-order valence-electron chi connectivity index (χ3n) is 12.0. The van der Waals surface area contributed by atoms with E-state index in [-0.39, 0.29) is 0 Å². The Balaban J connectivity index is 0.985. The Bertz CT molecular complexity index is 3900. The summed E-state index contributed by atoms with van der Waals surface area (Å²) in [5, 5.41) is 8.87. The number of nitrogens with zero attached hydrogens (tertiary/aromatic N) is 4. The third kappa shape index (κ3) is 5.26. The molecule has 0 atom stereocenters. The summed E-state index contributed by atoms with van der Waals surface area (Å²) in [6, 6.07) is 67.4. The summed E-state index contributed by atoms with van der Waals surface area (Å²) >= 11 is 0. The van der Waals surface area contributed by atoms with Crippen molar-refractivity contribution in [2.45, 2.75) is 0 Å². The van der Waals surface area contributed by atoms with Gasteiger partial charge in [-0.3, -0.25) is 0 Å². The van der Waals surface area contributed by atoms with Crippen LogP contribution in [0, 0.1) is 0 Å². The first-order valence-electron chi connectivity index (χ1n) is 20.4. The minimum Gasteiger partial charge on any atom is -0.456 e. The number of para-hydroxylation sites is 4. The Kier molecular flexibility index (Phi) is 7.21. The molecule has 0 aliphatic rings. The number of hydrogen-bond donors (Lipinski definition) is 0. The summed E-state index contributed by atoms with van der Waals surface area (Å²) in [5.41, 5.74) is 11.4. The second kappa shape index (κ2) is 13.1. The van der Waals surface area contributed by atoms with E-state index in [9.17, 15) is 0 Å². The summed E-state index contributed by atoms with van der Waals surface area (Å²) in [4.78, 5) is 15.3. The second-order valence-electron chi connectivity index (χ2n) is 15.6. The molecule has 0 N–H and O–H groups in total. The first-order valence-corrected chi connectivity index (χ1v) is 20.4. The van der Waals surface area contributed by atoms with E-state index in [2.05, 4.69) is 174 Å². The van der Waals surface area contributed by atoms with Gasteiger partial charge >= 0.3 is 0 Å². The number of hydrogen-bond acceptors (Lipinski definition) is 5. The average Bonchev–Trinajstić information content (AvgIpc) is 4.00. The minimum atomic E-state index is 0.555. The molecule has 0 fully saturated rings. The molecule has 6 nitrogen and oxygen atoms in total. The fraction of sp³-hybridized carbons (Fsp3) is 0. The van der Waals surface area contributed by atoms with Crippen LogP contribution in [0.3, 0.4) is 0 Å². The van der Waals surface area contributed by atoms with Gasteiger partial charge in [0.1, 0.15) is 22.3 Å². The molecule has 13 aromatic rings. The van der Waals surface area contributed by atoms with E-state index in [1.807, 2.05) is 24.3 Å². The molecule has 4 heterocycles. The Morgan fingerprint density at radius 1 is 0.344 bits per heavy atom. The smallest absolute Gasteiger partial charge is 0.164 e. The van der Waals surface area contributed by atoms with Crippen molar-refractivity contribution in [2.24, 2.45) is 0 Å². The molecule has 0 unspecified atom stereocenters. The standard InChI is InChI=1S/C55H32N4O2/c1-2-14-38(15-3-1)59-46-21-8-6-17-45(46)51-42(18-11-22-47(51)59)44-20-10-19-43-41-29-27-37(32-50(41)61-52(43)44)55-57-53(35-25-24-33-12-4-5-13-34(33)30-35)56-54(58-55)36-26-28-40-39-16-7-9-23-48(39)60-49(40)31-36/h1-32H. The van der Waals surface area contributed by atoms with Gasteiger partial charge in [-0.2, -0.15) is 0 Å². The van der Waals surface area contributed by atoms with E-state index in [4.69, 9.17) is 23.8 Å². The number of rotatable bonds is 5. The van der Waals surface area contributed by atoms with Gasteiger partial charge in [0.15, 0.2) is 17.5 Å². The lowest BCUT2D eigenvalue weighted by Gasteiger charge is -2.09. The molecule has 0 amide bonds. The van der Waals surface area contributed by atoms with Crippen molar-refractivity contribution in [3.63, 3.8) is 0 Å². The molecule has 0 saturated carbocycles. The highest BCUT2D eigenvalue weighted by Crippen LogP contribution is 2.43. The van der Waals surface area contributed by atoms with Crippen molar-refractivity contribution in [2.75, 3.05) is 0 Å². The first kappa shape index (κ1) is 33.6. The number of furan rings is 2. The highest BCUT2D eigenvalue weighted by molar-refractivity contribution is 6.19. The van der Waals surface area contributed by atoms with Gasteiger partial charge in [0.2, 0.25) is 0 Å². The van der Waals surface area contributed by atoms with Crippen molar-refractivity contribution in [3.8, 4) is 51.0 Å². The fourth-order valence-electron chi connectivity index (χ4n) is 9.21. The molecular formula is C55H32N4O2. The lowest BCUT2D eigenvalue weighted by molar-refractivity contribution is 0.669. The summed E-state index contributed by atoms with van der Waals surface area (Å²) in [6.07, 6.45) is 0. The molecule has 284 valence electrons. The van der Waals surface area contributed by atoms with Gasteiger partial charge in [-0.1, -0.05) is 133 Å². The Hall–Kier alpha value is -8.35. The number of fused-ring (bicyclic) bond motifs is 10. The van der Waals surface area contributed by atoms with Crippen molar-refractivity contribution in [1.82, 2.24) is 19.5 Å². The van der Waals surface area contributed by atoms with Crippen LogP contribution in [0.1, 0.15) is 0 Å². The van der Waals surface area contributed by atoms with Crippen molar-refractivity contribution in [1.29, 1.82) is 0 Å². The molecular weight excluding hydrogens is 749 g/mol. The minimum absolute atomic E-state index is 0.555. The van der Waals surface area contributed by atoms with Gasteiger partial charge in [-0.15, -0.1) is 0 Å². The maximum absolute atomic E-state index is 6.92. The van der Waals surface area contributed by atoms with Gasteiger partial charge in [0, 0.05) is 60.3 Å². The molecule has 4 aromatic heterocycles. The van der Waals surface area contributed by atoms with E-state index in [1.165, 1.54) is 10.8 Å². The zero-order valence-electron chi connectivity index (χ0n) is 32.6. The van der Waals surface area contributed by atoms with Gasteiger partial charge < -0.3 is 13.4 Å². The molecule has 6 heteroatoms. The van der Waals surface area contributed by atoms with Crippen LogP contribution in [0.15, 0.2) is 203 Å². The molecule has 0 bridgehead atoms. The van der Waals surface area contributed by atoms with Crippen molar-refractivity contribution >= 4 is 76.5 Å². The van der Waals surface area contributed by atoms with E-state index >= 15 is 0 Å². The lowest BCUT2D eigenvalue weighted by atomic mass is 9.97. The maximum atomic E-state index is 6.92. The predicted octanol–water partition coefficient (Wildman–Crippen LogP) is 14.6. The molecule has 0 spiro atoms. The van der Waals surface area contributed by atoms with Gasteiger partial charge in [0.25, 0.3) is 0 Å². The maximum Gasteiger partial charge on any atom is 0.164 e. The first-order chi connectivity index (χ1) is 30.2. The Morgan fingerprint density at radius 2 is 0.902 bits per heavy atom. The van der Waals surface area contributed by atoms with Crippen molar-refractivity contribution < 1.29 is 8.83 Å². The quantitative estimate of drug-likeness (QED) is 0.174. The molecule has 0 radical (unpaired) electrons. The van der Waals surface area contributed by atoms with Crippen LogP contribution >= 0.6 is 0 Å². The van der Waals surface area contributed by atoms with Crippen LogP contribution in [0.5, 0.6) is 0 Å². The Labute approximate surface area is 348 Å². The summed E-state index contributed by atoms with van der Waals surface area (Å²) in [5.74, 6) is 1.70. The molecule has 0 aliphatic heterocycles. The van der Waals surface area contributed by atoms with Crippen LogP contribution in [-0.4, -0.2) is 19.5 Å². The SMILES string of the molecule is c1ccc(-n2c3ccccc3c3c(-c4cccc5c4oc4cc(-c6nc(-c7ccc8ccccc8c7)nc(-c7ccc8c(c7)oc7ccccc78)n6)ccc45)cccc32)cc1. The average molecular weight is 781 g/mol. The summed E-state index contributed by atoms with van der Waals surface area (Å²) in [6.45, 7) is 0. The fourth-order valence-corrected chi connectivity index (χ4v) is 9.21. The molecule has 0 aliphatic carbocycles. The molecule has 13 rings (SSSR count). The third-order valence-corrected chi connectivity index (χ3v) is 12.0. The van der Waals surface area contributed by atoms with Crippen LogP contribution in [0.25, 0.3) is 127 Å². The van der Waals surface area contributed by atoms with Crippen LogP contribution in [-0.2, 0) is 0 Å². The zero-order chi connectivity index (χ0) is 40.0. The molecule has 61 heavy (non-hydrogen) atoms. The monoisotopic (exact) mass is 780 g/mol. The van der Waals surface area contributed by atoms with Gasteiger partial charge in [-0.05, 0) is 77.0 Å². The van der Waals surface area contributed by atoms with E-state index in [0.717, 1.165) is 99.2 Å². The van der Waals surface area contributed by atoms with E-state index in [0.29, 0.717) is 17.5 Å². The summed E-state index contributed by atoms with van der Waals surface area (Å²) in [7, 11) is 0. The Morgan fingerprint density at radius 3 is 1.70 bits per heavy atom. The van der Waals surface area contributed by atoms with Crippen LogP contribution in [0.4, 0.5) is 0 Å². The van der Waals surface area contributed by atoms with Crippen molar-refractivity contribution in [3.05, 3.63) is 194 Å². The highest BCUT2D eigenvalue weighted by atomic mass is 16.3. The normalized spacial score (nSPS) is 11.9. The molecule has 9 aromatic carbocycles. The summed E-state index contributed by atoms with van der Waals surface area (Å²) < 4.78 is 15.6. The topological polar surface area (TPSA) is 69.9 Å². The zero-order valence-corrected chi connectivity index (χ0v) is 32.6. The lowest BCUT2D eigenvalue weighted by Crippen LogP contribution is -2.00. The number of benzene rings is 9. The predicted molar refractivity (Wildman–Crippen MR) is 248 cm³/mol. The van der Waals surface area contributed by atoms with Gasteiger partial charge in [0.05, 0.1) is 11.0 Å². The van der Waals surface area contributed by atoms with E-state index < -0.39 is 0 Å². The molecule has 0 saturated heterocycles. The van der Waals surface area contributed by atoms with E-state index in [1.54, 1.807) is 0 Å². The van der Waals surface area contributed by atoms with Crippen LogP contribution in [0.2, 0.25) is 0 Å². The van der Waals surface area contributed by atoms with Crippen LogP contribution < -0.4 is 0 Å².